The van der Waals surface area contributed by atoms with Crippen LogP contribution in [0.4, 0.5) is 0 Å². The molecule has 116 valence electrons. The average molecular weight is 338 g/mol. The third-order valence-electron chi connectivity index (χ3n) is 3.00. The fourth-order valence-electron chi connectivity index (χ4n) is 1.90. The maximum Gasteiger partial charge on any atom is 0.224 e. The number of carbonyl (C=O) groups is 1. The van der Waals surface area contributed by atoms with Gasteiger partial charge in [-0.25, -0.2) is 0 Å². The zero-order chi connectivity index (χ0) is 15.8. The molecule has 0 spiro atoms. The standard InChI is InChI=1S/C17H17Cl2NO2/c18-15-8-7-13(11-16(15)19)12-17(21)20-9-4-10-22-14-5-2-1-3-6-14/h1-3,5-8,11H,4,9-10,12H2,(H,20,21). The van der Waals surface area contributed by atoms with Crippen molar-refractivity contribution in [3.05, 3.63) is 64.1 Å². The Labute approximate surface area is 140 Å². The van der Waals surface area contributed by atoms with Gasteiger partial charge in [0.1, 0.15) is 5.75 Å². The summed E-state index contributed by atoms with van der Waals surface area (Å²) in [6.45, 7) is 1.14. The molecule has 0 aliphatic carbocycles. The van der Waals surface area contributed by atoms with Crippen LogP contribution in [-0.2, 0) is 11.2 Å². The fraction of sp³-hybridized carbons (Fsp3) is 0.235. The van der Waals surface area contributed by atoms with E-state index in [0.29, 0.717) is 23.2 Å². The number of hydrogen-bond acceptors (Lipinski definition) is 2. The Balaban J connectivity index is 1.64. The van der Waals surface area contributed by atoms with Gasteiger partial charge in [0.05, 0.1) is 23.1 Å². The van der Waals surface area contributed by atoms with Gasteiger partial charge in [-0.2, -0.15) is 0 Å². The van der Waals surface area contributed by atoms with Gasteiger partial charge in [0.15, 0.2) is 0 Å². The monoisotopic (exact) mass is 337 g/mol. The molecule has 0 unspecified atom stereocenters. The first-order valence-corrected chi connectivity index (χ1v) is 7.79. The van der Waals surface area contributed by atoms with E-state index in [2.05, 4.69) is 5.32 Å². The first kappa shape index (κ1) is 16.7. The van der Waals surface area contributed by atoms with Crippen LogP contribution >= 0.6 is 23.2 Å². The SMILES string of the molecule is O=C(Cc1ccc(Cl)c(Cl)c1)NCCCOc1ccccc1. The molecule has 0 saturated carbocycles. The van der Waals surface area contributed by atoms with Crippen molar-refractivity contribution in [1.82, 2.24) is 5.32 Å². The van der Waals surface area contributed by atoms with Crippen molar-refractivity contribution >= 4 is 29.1 Å². The van der Waals surface area contributed by atoms with E-state index in [1.54, 1.807) is 18.2 Å². The van der Waals surface area contributed by atoms with Crippen molar-refractivity contribution in [2.45, 2.75) is 12.8 Å². The molecule has 2 rings (SSSR count). The topological polar surface area (TPSA) is 38.3 Å². The number of ether oxygens (including phenoxy) is 1. The molecule has 0 radical (unpaired) electrons. The molecule has 2 aromatic carbocycles. The highest BCUT2D eigenvalue weighted by atomic mass is 35.5. The summed E-state index contributed by atoms with van der Waals surface area (Å²) in [5.74, 6) is 0.794. The number of hydrogen-bond donors (Lipinski definition) is 1. The fourth-order valence-corrected chi connectivity index (χ4v) is 2.22. The number of carbonyl (C=O) groups excluding carboxylic acids is 1. The van der Waals surface area contributed by atoms with E-state index in [4.69, 9.17) is 27.9 Å². The maximum absolute atomic E-state index is 11.8. The summed E-state index contributed by atoms with van der Waals surface area (Å²) in [4.78, 5) is 11.8. The molecular weight excluding hydrogens is 321 g/mol. The minimum atomic E-state index is -0.0434. The van der Waals surface area contributed by atoms with Gasteiger partial charge in [-0.15, -0.1) is 0 Å². The van der Waals surface area contributed by atoms with Gasteiger partial charge in [0.2, 0.25) is 5.91 Å². The van der Waals surface area contributed by atoms with Crippen molar-refractivity contribution in [3.8, 4) is 5.75 Å². The highest BCUT2D eigenvalue weighted by Gasteiger charge is 2.05. The van der Waals surface area contributed by atoms with Gasteiger partial charge < -0.3 is 10.1 Å². The highest BCUT2D eigenvalue weighted by molar-refractivity contribution is 6.42. The Morgan fingerprint density at radius 2 is 1.82 bits per heavy atom. The summed E-state index contributed by atoms with van der Waals surface area (Å²) in [7, 11) is 0. The van der Waals surface area contributed by atoms with Crippen LogP contribution in [-0.4, -0.2) is 19.1 Å². The molecule has 0 heterocycles. The number of halogens is 2. The van der Waals surface area contributed by atoms with Gasteiger partial charge >= 0.3 is 0 Å². The largest absolute Gasteiger partial charge is 0.494 e. The molecule has 0 saturated heterocycles. The summed E-state index contributed by atoms with van der Waals surface area (Å²) in [6, 6.07) is 14.8. The quantitative estimate of drug-likeness (QED) is 0.771. The molecule has 0 aliphatic heterocycles. The lowest BCUT2D eigenvalue weighted by atomic mass is 10.1. The van der Waals surface area contributed by atoms with Crippen LogP contribution in [0.15, 0.2) is 48.5 Å². The first-order valence-electron chi connectivity index (χ1n) is 7.03. The molecule has 1 amide bonds. The van der Waals surface area contributed by atoms with Gasteiger partial charge in [-0.3, -0.25) is 4.79 Å². The van der Waals surface area contributed by atoms with Crippen molar-refractivity contribution in [3.63, 3.8) is 0 Å². The number of para-hydroxylation sites is 1. The summed E-state index contributed by atoms with van der Waals surface area (Å²) >= 11 is 11.8. The molecule has 0 bridgehead atoms. The molecular formula is C17H17Cl2NO2. The van der Waals surface area contributed by atoms with E-state index in [1.807, 2.05) is 30.3 Å². The van der Waals surface area contributed by atoms with Crippen LogP contribution in [0.5, 0.6) is 5.75 Å². The van der Waals surface area contributed by atoms with E-state index in [9.17, 15) is 4.79 Å². The summed E-state index contributed by atoms with van der Waals surface area (Å²) < 4.78 is 5.55. The van der Waals surface area contributed by atoms with Crippen molar-refractivity contribution in [1.29, 1.82) is 0 Å². The maximum atomic E-state index is 11.8. The van der Waals surface area contributed by atoms with Crippen LogP contribution in [0, 0.1) is 0 Å². The van der Waals surface area contributed by atoms with Crippen molar-refractivity contribution < 1.29 is 9.53 Å². The normalized spacial score (nSPS) is 10.3. The molecule has 0 fully saturated rings. The lowest BCUT2D eigenvalue weighted by Crippen LogP contribution is -2.27. The van der Waals surface area contributed by atoms with Crippen molar-refractivity contribution in [2.24, 2.45) is 0 Å². The number of nitrogens with one attached hydrogen (secondary N) is 1. The third kappa shape index (κ3) is 5.58. The van der Waals surface area contributed by atoms with Crippen LogP contribution in [0.25, 0.3) is 0 Å². The summed E-state index contributed by atoms with van der Waals surface area (Å²) in [5.41, 5.74) is 0.840. The van der Waals surface area contributed by atoms with Gasteiger partial charge in [-0.05, 0) is 36.2 Å². The lowest BCUT2D eigenvalue weighted by Gasteiger charge is -2.08. The van der Waals surface area contributed by atoms with Gasteiger partial charge in [-0.1, -0.05) is 47.5 Å². The molecule has 5 heteroatoms. The molecule has 2 aromatic rings. The zero-order valence-corrected chi connectivity index (χ0v) is 13.5. The Morgan fingerprint density at radius 3 is 2.55 bits per heavy atom. The summed E-state index contributed by atoms with van der Waals surface area (Å²) in [5, 5.41) is 3.81. The number of rotatable bonds is 7. The van der Waals surface area contributed by atoms with Gasteiger partial charge in [0.25, 0.3) is 0 Å². The second kappa shape index (κ2) is 8.66. The Morgan fingerprint density at radius 1 is 1.05 bits per heavy atom. The predicted octanol–water partition coefficient (Wildman–Crippen LogP) is 4.12. The van der Waals surface area contributed by atoms with E-state index in [0.717, 1.165) is 17.7 Å². The molecule has 0 aromatic heterocycles. The second-order valence-corrected chi connectivity index (χ2v) is 5.60. The molecule has 0 atom stereocenters. The Kier molecular flexibility index (Phi) is 6.56. The Hall–Kier alpha value is -1.71. The molecule has 0 aliphatic rings. The van der Waals surface area contributed by atoms with Crippen LogP contribution in [0.2, 0.25) is 10.0 Å². The van der Waals surface area contributed by atoms with E-state index >= 15 is 0 Å². The van der Waals surface area contributed by atoms with Crippen LogP contribution in [0.1, 0.15) is 12.0 Å². The van der Waals surface area contributed by atoms with Crippen LogP contribution in [0.3, 0.4) is 0 Å². The zero-order valence-electron chi connectivity index (χ0n) is 12.0. The average Bonchev–Trinajstić information content (AvgIpc) is 2.52. The first-order chi connectivity index (χ1) is 10.6. The number of benzene rings is 2. The van der Waals surface area contributed by atoms with Crippen LogP contribution < -0.4 is 10.1 Å². The lowest BCUT2D eigenvalue weighted by molar-refractivity contribution is -0.120. The van der Waals surface area contributed by atoms with E-state index in [-0.39, 0.29) is 12.3 Å². The number of amides is 1. The van der Waals surface area contributed by atoms with E-state index < -0.39 is 0 Å². The van der Waals surface area contributed by atoms with Crippen molar-refractivity contribution in [2.75, 3.05) is 13.2 Å². The second-order valence-electron chi connectivity index (χ2n) is 4.79. The van der Waals surface area contributed by atoms with E-state index in [1.165, 1.54) is 0 Å². The minimum Gasteiger partial charge on any atom is -0.494 e. The summed E-state index contributed by atoms with van der Waals surface area (Å²) in [6.07, 6.45) is 1.04. The molecule has 22 heavy (non-hydrogen) atoms. The molecule has 1 N–H and O–H groups in total. The minimum absolute atomic E-state index is 0.0434. The smallest absolute Gasteiger partial charge is 0.224 e. The third-order valence-corrected chi connectivity index (χ3v) is 3.74. The Bertz CT molecular complexity index is 617. The van der Waals surface area contributed by atoms with Gasteiger partial charge in [0, 0.05) is 6.54 Å². The molecule has 3 nitrogen and oxygen atoms in total. The predicted molar refractivity (Wildman–Crippen MR) is 89.7 cm³/mol. The highest BCUT2D eigenvalue weighted by Crippen LogP contribution is 2.22.